The van der Waals surface area contributed by atoms with Crippen molar-refractivity contribution in [2.45, 2.75) is 19.4 Å². The minimum atomic E-state index is -0.110. The SMILES string of the molecule is C=CCNC(=O)C(C)N1CCC(CO)C1. The van der Waals surface area contributed by atoms with Gasteiger partial charge in [0.25, 0.3) is 0 Å². The van der Waals surface area contributed by atoms with E-state index >= 15 is 0 Å². The first-order chi connectivity index (χ1) is 7.19. The van der Waals surface area contributed by atoms with Crippen LogP contribution in [0.25, 0.3) is 0 Å². The summed E-state index contributed by atoms with van der Waals surface area (Å²) in [6.07, 6.45) is 2.65. The third-order valence-electron chi connectivity index (χ3n) is 2.92. The highest BCUT2D eigenvalue weighted by Crippen LogP contribution is 2.17. The Bertz CT molecular complexity index is 231. The van der Waals surface area contributed by atoms with Gasteiger partial charge >= 0.3 is 0 Å². The number of likely N-dealkylation sites (tertiary alicyclic amines) is 1. The smallest absolute Gasteiger partial charge is 0.237 e. The molecule has 0 aromatic heterocycles. The minimum absolute atomic E-state index is 0.0356. The third-order valence-corrected chi connectivity index (χ3v) is 2.92. The molecular formula is C11H20N2O2. The molecule has 0 saturated carbocycles. The first kappa shape index (κ1) is 12.2. The Morgan fingerprint density at radius 2 is 2.53 bits per heavy atom. The highest BCUT2D eigenvalue weighted by Gasteiger charge is 2.28. The van der Waals surface area contributed by atoms with Gasteiger partial charge in [-0.25, -0.2) is 0 Å². The van der Waals surface area contributed by atoms with Crippen molar-refractivity contribution in [1.82, 2.24) is 10.2 Å². The Balaban J connectivity index is 2.36. The van der Waals surface area contributed by atoms with Crippen LogP contribution in [0.4, 0.5) is 0 Å². The second kappa shape index (κ2) is 5.88. The number of aliphatic hydroxyl groups is 1. The molecule has 1 saturated heterocycles. The molecule has 2 N–H and O–H groups in total. The lowest BCUT2D eigenvalue weighted by Crippen LogP contribution is -2.44. The summed E-state index contributed by atoms with van der Waals surface area (Å²) in [6.45, 7) is 7.90. The maximum Gasteiger partial charge on any atom is 0.237 e. The van der Waals surface area contributed by atoms with E-state index in [1.807, 2.05) is 6.92 Å². The maximum absolute atomic E-state index is 11.6. The van der Waals surface area contributed by atoms with Crippen molar-refractivity contribution >= 4 is 5.91 Å². The molecule has 2 unspecified atom stereocenters. The van der Waals surface area contributed by atoms with Crippen molar-refractivity contribution in [1.29, 1.82) is 0 Å². The Labute approximate surface area is 91.0 Å². The highest BCUT2D eigenvalue weighted by atomic mass is 16.3. The fraction of sp³-hybridized carbons (Fsp3) is 0.727. The molecule has 1 heterocycles. The third kappa shape index (κ3) is 3.32. The lowest BCUT2D eigenvalue weighted by atomic mass is 10.1. The molecule has 1 aliphatic rings. The molecule has 4 heteroatoms. The lowest BCUT2D eigenvalue weighted by Gasteiger charge is -2.23. The molecule has 0 aliphatic carbocycles. The van der Waals surface area contributed by atoms with E-state index in [-0.39, 0.29) is 18.6 Å². The summed E-state index contributed by atoms with van der Waals surface area (Å²) in [5.74, 6) is 0.369. The van der Waals surface area contributed by atoms with Gasteiger partial charge in [0.15, 0.2) is 0 Å². The number of carbonyl (C=O) groups is 1. The molecule has 0 radical (unpaired) electrons. The summed E-state index contributed by atoms with van der Waals surface area (Å²) in [5.41, 5.74) is 0. The van der Waals surface area contributed by atoms with Crippen molar-refractivity contribution in [3.63, 3.8) is 0 Å². The van der Waals surface area contributed by atoms with E-state index in [4.69, 9.17) is 5.11 Å². The van der Waals surface area contributed by atoms with E-state index in [1.54, 1.807) is 6.08 Å². The van der Waals surface area contributed by atoms with Crippen LogP contribution in [0.1, 0.15) is 13.3 Å². The van der Waals surface area contributed by atoms with Gasteiger partial charge in [-0.15, -0.1) is 6.58 Å². The average Bonchev–Trinajstić information content (AvgIpc) is 2.73. The number of hydrogen-bond donors (Lipinski definition) is 2. The van der Waals surface area contributed by atoms with Crippen molar-refractivity contribution in [3.05, 3.63) is 12.7 Å². The molecular weight excluding hydrogens is 192 g/mol. The summed E-state index contributed by atoms with van der Waals surface area (Å²) in [6, 6.07) is -0.110. The number of nitrogens with one attached hydrogen (secondary N) is 1. The van der Waals surface area contributed by atoms with E-state index in [1.165, 1.54) is 0 Å². The maximum atomic E-state index is 11.6. The van der Waals surface area contributed by atoms with E-state index in [0.717, 1.165) is 19.5 Å². The van der Waals surface area contributed by atoms with Gasteiger partial charge < -0.3 is 10.4 Å². The summed E-state index contributed by atoms with van der Waals surface area (Å²) >= 11 is 0. The zero-order chi connectivity index (χ0) is 11.3. The molecule has 2 atom stereocenters. The van der Waals surface area contributed by atoms with Crippen LogP contribution in [0.15, 0.2) is 12.7 Å². The first-order valence-electron chi connectivity index (χ1n) is 5.42. The molecule has 4 nitrogen and oxygen atoms in total. The molecule has 1 aliphatic heterocycles. The van der Waals surface area contributed by atoms with Gasteiger partial charge in [0.05, 0.1) is 6.04 Å². The second-order valence-corrected chi connectivity index (χ2v) is 4.04. The van der Waals surface area contributed by atoms with E-state index in [9.17, 15) is 4.79 Å². The van der Waals surface area contributed by atoms with Gasteiger partial charge in [-0.1, -0.05) is 6.08 Å². The van der Waals surface area contributed by atoms with Gasteiger partial charge in [-0.2, -0.15) is 0 Å². The van der Waals surface area contributed by atoms with Gasteiger partial charge in [-0.3, -0.25) is 9.69 Å². The Hall–Kier alpha value is -0.870. The quantitative estimate of drug-likeness (QED) is 0.630. The number of rotatable bonds is 5. The molecule has 0 aromatic rings. The molecule has 1 fully saturated rings. The Morgan fingerprint density at radius 3 is 3.07 bits per heavy atom. The lowest BCUT2D eigenvalue weighted by molar-refractivity contribution is -0.125. The van der Waals surface area contributed by atoms with Crippen LogP contribution >= 0.6 is 0 Å². The molecule has 86 valence electrons. The highest BCUT2D eigenvalue weighted by molar-refractivity contribution is 5.81. The summed E-state index contributed by atoms with van der Waals surface area (Å²) in [7, 11) is 0. The van der Waals surface area contributed by atoms with Crippen molar-refractivity contribution in [3.8, 4) is 0 Å². The van der Waals surface area contributed by atoms with Gasteiger partial charge in [0.1, 0.15) is 0 Å². The van der Waals surface area contributed by atoms with Crippen molar-refractivity contribution in [2.24, 2.45) is 5.92 Å². The minimum Gasteiger partial charge on any atom is -0.396 e. The van der Waals surface area contributed by atoms with E-state index in [2.05, 4.69) is 16.8 Å². The van der Waals surface area contributed by atoms with Crippen molar-refractivity contribution in [2.75, 3.05) is 26.2 Å². The largest absolute Gasteiger partial charge is 0.396 e. The monoisotopic (exact) mass is 212 g/mol. The van der Waals surface area contributed by atoms with Crippen LogP contribution in [0, 0.1) is 5.92 Å². The fourth-order valence-electron chi connectivity index (χ4n) is 1.85. The molecule has 1 rings (SSSR count). The van der Waals surface area contributed by atoms with E-state index < -0.39 is 0 Å². The summed E-state index contributed by atoms with van der Waals surface area (Å²) in [4.78, 5) is 13.7. The first-order valence-corrected chi connectivity index (χ1v) is 5.42. The van der Waals surface area contributed by atoms with Crippen LogP contribution in [-0.4, -0.2) is 48.2 Å². The van der Waals surface area contributed by atoms with Gasteiger partial charge in [-0.05, 0) is 25.8 Å². The van der Waals surface area contributed by atoms with E-state index in [0.29, 0.717) is 12.5 Å². The molecule has 0 bridgehead atoms. The number of carbonyl (C=O) groups excluding carboxylic acids is 1. The van der Waals surface area contributed by atoms with Crippen LogP contribution in [-0.2, 0) is 4.79 Å². The van der Waals surface area contributed by atoms with Crippen LogP contribution in [0.2, 0.25) is 0 Å². The Morgan fingerprint density at radius 1 is 1.80 bits per heavy atom. The molecule has 15 heavy (non-hydrogen) atoms. The number of hydrogen-bond acceptors (Lipinski definition) is 3. The summed E-state index contributed by atoms with van der Waals surface area (Å²) in [5, 5.41) is 11.8. The number of nitrogens with zero attached hydrogens (tertiary/aromatic N) is 1. The topological polar surface area (TPSA) is 52.6 Å². The zero-order valence-electron chi connectivity index (χ0n) is 9.28. The normalized spacial score (nSPS) is 23.7. The van der Waals surface area contributed by atoms with Gasteiger partial charge in [0, 0.05) is 19.7 Å². The van der Waals surface area contributed by atoms with Crippen molar-refractivity contribution < 1.29 is 9.90 Å². The van der Waals surface area contributed by atoms with Crippen LogP contribution in [0.5, 0.6) is 0 Å². The standard InChI is InChI=1S/C11H20N2O2/c1-3-5-12-11(15)9(2)13-6-4-10(7-13)8-14/h3,9-10,14H,1,4-8H2,2H3,(H,12,15). The van der Waals surface area contributed by atoms with Gasteiger partial charge in [0.2, 0.25) is 5.91 Å². The predicted molar refractivity (Wildman–Crippen MR) is 59.4 cm³/mol. The molecule has 0 spiro atoms. The predicted octanol–water partition coefficient (Wildman–Crippen LogP) is -0.00870. The van der Waals surface area contributed by atoms with Crippen LogP contribution in [0.3, 0.4) is 0 Å². The van der Waals surface area contributed by atoms with Crippen LogP contribution < -0.4 is 5.32 Å². The Kier molecular flexibility index (Phi) is 4.78. The second-order valence-electron chi connectivity index (χ2n) is 4.04. The number of aliphatic hydroxyl groups excluding tert-OH is 1. The molecule has 1 amide bonds. The average molecular weight is 212 g/mol. The summed E-state index contributed by atoms with van der Waals surface area (Å²) < 4.78 is 0. The zero-order valence-corrected chi connectivity index (χ0v) is 9.28. The fourth-order valence-corrected chi connectivity index (χ4v) is 1.85. The number of amides is 1. The molecule has 0 aromatic carbocycles.